The van der Waals surface area contributed by atoms with E-state index in [4.69, 9.17) is 11.5 Å². The molecule has 0 heterocycles. The number of amides is 4. The second-order valence-electron chi connectivity index (χ2n) is 9.29. The third-order valence-electron chi connectivity index (χ3n) is 5.96. The molecule has 4 atom stereocenters. The van der Waals surface area contributed by atoms with Gasteiger partial charge < -0.3 is 42.7 Å². The Labute approximate surface area is 235 Å². The van der Waals surface area contributed by atoms with Crippen LogP contribution in [0.3, 0.4) is 0 Å². The number of primary amides is 1. The van der Waals surface area contributed by atoms with Crippen molar-refractivity contribution in [2.75, 3.05) is 0 Å². The molecule has 2 aromatic rings. The summed E-state index contributed by atoms with van der Waals surface area (Å²) >= 11 is 0. The maximum absolute atomic E-state index is 13.3. The molecule has 0 fully saturated rings. The second kappa shape index (κ2) is 15.6. The molecule has 14 nitrogen and oxygen atoms in total. The molecule has 0 radical (unpaired) electrons. The summed E-state index contributed by atoms with van der Waals surface area (Å²) in [5.74, 6) is -6.30. The van der Waals surface area contributed by atoms with Crippen LogP contribution in [0.5, 0.6) is 5.75 Å². The molecule has 220 valence electrons. The number of hydrogen-bond donors (Lipinski definition) is 8. The smallest absolute Gasteiger partial charge is 0.326 e. The number of nitrogens with two attached hydrogens (primary N) is 2. The number of phenols is 1. The fourth-order valence-electron chi connectivity index (χ4n) is 3.76. The van der Waals surface area contributed by atoms with Gasteiger partial charge in [0.25, 0.3) is 0 Å². The minimum Gasteiger partial charge on any atom is -0.508 e. The van der Waals surface area contributed by atoms with E-state index < -0.39 is 66.2 Å². The Bertz CT molecular complexity index is 1240. The van der Waals surface area contributed by atoms with Crippen molar-refractivity contribution in [1.82, 2.24) is 16.0 Å². The van der Waals surface area contributed by atoms with E-state index >= 15 is 0 Å². The van der Waals surface area contributed by atoms with Gasteiger partial charge in [-0.1, -0.05) is 42.5 Å². The fourth-order valence-corrected chi connectivity index (χ4v) is 3.76. The van der Waals surface area contributed by atoms with E-state index in [9.17, 15) is 44.1 Å². The number of rotatable bonds is 16. The Kier molecular flexibility index (Phi) is 12.2. The third-order valence-corrected chi connectivity index (χ3v) is 5.96. The number of aliphatic carboxylic acids is 2. The van der Waals surface area contributed by atoms with Gasteiger partial charge in [-0.05, 0) is 29.7 Å². The van der Waals surface area contributed by atoms with Crippen LogP contribution in [0.2, 0.25) is 0 Å². The number of phenolic OH excluding ortho intramolecular Hbond substituents is 1. The Morgan fingerprint density at radius 3 is 1.78 bits per heavy atom. The first-order valence-electron chi connectivity index (χ1n) is 12.6. The van der Waals surface area contributed by atoms with Crippen LogP contribution in [-0.4, -0.2) is 75.1 Å². The van der Waals surface area contributed by atoms with Gasteiger partial charge in [0.1, 0.15) is 23.9 Å². The van der Waals surface area contributed by atoms with Crippen LogP contribution >= 0.6 is 0 Å². The second-order valence-corrected chi connectivity index (χ2v) is 9.29. The van der Waals surface area contributed by atoms with E-state index in [1.54, 1.807) is 30.3 Å². The Balaban J connectivity index is 2.24. The van der Waals surface area contributed by atoms with Gasteiger partial charge in [0.05, 0.1) is 12.5 Å². The average Bonchev–Trinajstić information content (AvgIpc) is 2.91. The van der Waals surface area contributed by atoms with Crippen molar-refractivity contribution in [3.63, 3.8) is 0 Å². The van der Waals surface area contributed by atoms with Crippen LogP contribution in [-0.2, 0) is 41.6 Å². The normalized spacial score (nSPS) is 13.6. The monoisotopic (exact) mass is 571 g/mol. The molecule has 2 aromatic carbocycles. The van der Waals surface area contributed by atoms with E-state index in [0.717, 1.165) is 0 Å². The molecule has 0 aliphatic rings. The van der Waals surface area contributed by atoms with Crippen molar-refractivity contribution in [1.29, 1.82) is 0 Å². The number of nitrogens with one attached hydrogen (secondary N) is 3. The summed E-state index contributed by atoms with van der Waals surface area (Å²) in [4.78, 5) is 73.2. The number of aromatic hydroxyl groups is 1. The third kappa shape index (κ3) is 11.3. The molecule has 2 rings (SSSR count). The Morgan fingerprint density at radius 1 is 0.707 bits per heavy atom. The first-order valence-corrected chi connectivity index (χ1v) is 12.6. The number of carboxylic acid groups (broad SMARTS) is 2. The Morgan fingerprint density at radius 2 is 1.22 bits per heavy atom. The van der Waals surface area contributed by atoms with Gasteiger partial charge >= 0.3 is 11.9 Å². The highest BCUT2D eigenvalue weighted by Gasteiger charge is 2.31. The van der Waals surface area contributed by atoms with Gasteiger partial charge in [0.15, 0.2) is 0 Å². The first-order chi connectivity index (χ1) is 19.3. The van der Waals surface area contributed by atoms with Gasteiger partial charge in [0.2, 0.25) is 23.6 Å². The van der Waals surface area contributed by atoms with Crippen molar-refractivity contribution in [2.45, 2.75) is 56.3 Å². The van der Waals surface area contributed by atoms with Crippen molar-refractivity contribution < 1.29 is 44.1 Å². The van der Waals surface area contributed by atoms with Crippen LogP contribution in [0.25, 0.3) is 0 Å². The minimum atomic E-state index is -1.64. The van der Waals surface area contributed by atoms with E-state index in [2.05, 4.69) is 16.0 Å². The number of benzene rings is 2. The van der Waals surface area contributed by atoms with Crippen LogP contribution in [0, 0.1) is 0 Å². The molecule has 41 heavy (non-hydrogen) atoms. The maximum atomic E-state index is 13.3. The summed E-state index contributed by atoms with van der Waals surface area (Å²) in [5.41, 5.74) is 11.9. The molecule has 0 aliphatic carbocycles. The van der Waals surface area contributed by atoms with Crippen molar-refractivity contribution in [2.24, 2.45) is 11.5 Å². The van der Waals surface area contributed by atoms with Gasteiger partial charge in [-0.3, -0.25) is 24.0 Å². The Hall–Kier alpha value is -4.98. The summed E-state index contributed by atoms with van der Waals surface area (Å²) in [6.07, 6.45) is -1.42. The zero-order valence-corrected chi connectivity index (χ0v) is 22.0. The number of carboxylic acids is 2. The van der Waals surface area contributed by atoms with Gasteiger partial charge in [-0.25, -0.2) is 4.79 Å². The first kappa shape index (κ1) is 32.2. The van der Waals surface area contributed by atoms with Crippen LogP contribution in [0.15, 0.2) is 54.6 Å². The van der Waals surface area contributed by atoms with Gasteiger partial charge in [-0.15, -0.1) is 0 Å². The van der Waals surface area contributed by atoms with E-state index in [1.165, 1.54) is 24.3 Å². The lowest BCUT2D eigenvalue weighted by Crippen LogP contribution is -2.58. The van der Waals surface area contributed by atoms with Crippen molar-refractivity contribution >= 4 is 35.6 Å². The standard InChI is InChI=1S/C27H33N5O9/c28-18(10-11-22(29)34)24(37)30-20(14-23(35)36)26(39)31-19(12-15-4-2-1-3-5-15)25(38)32-21(27(40)41)13-16-6-8-17(33)9-7-16/h1-9,18-21,33H,10-14,28H2,(H2,29,34)(H,30,37)(H,31,39)(H,32,38)(H,35,36)(H,40,41). The largest absolute Gasteiger partial charge is 0.508 e. The lowest BCUT2D eigenvalue weighted by Gasteiger charge is -2.25. The molecule has 0 saturated carbocycles. The molecular formula is C27H33N5O9. The van der Waals surface area contributed by atoms with Crippen molar-refractivity contribution in [3.8, 4) is 5.75 Å². The number of carbonyl (C=O) groups is 6. The molecule has 0 spiro atoms. The van der Waals surface area contributed by atoms with E-state index in [0.29, 0.717) is 11.1 Å². The molecule has 0 aromatic heterocycles. The van der Waals surface area contributed by atoms with Crippen LogP contribution < -0.4 is 27.4 Å². The lowest BCUT2D eigenvalue weighted by molar-refractivity contribution is -0.143. The molecule has 0 aliphatic heterocycles. The van der Waals surface area contributed by atoms with Crippen LogP contribution in [0.4, 0.5) is 0 Å². The van der Waals surface area contributed by atoms with Gasteiger partial charge in [-0.2, -0.15) is 0 Å². The predicted octanol–water partition coefficient (Wildman–Crippen LogP) is -1.22. The average molecular weight is 572 g/mol. The highest BCUT2D eigenvalue weighted by atomic mass is 16.4. The fraction of sp³-hybridized carbons (Fsp3) is 0.333. The number of carbonyl (C=O) groups excluding carboxylic acids is 4. The summed E-state index contributed by atoms with van der Waals surface area (Å²) in [6.45, 7) is 0. The quantitative estimate of drug-likeness (QED) is 0.119. The minimum absolute atomic E-state index is 0.0212. The zero-order chi connectivity index (χ0) is 30.5. The summed E-state index contributed by atoms with van der Waals surface area (Å²) in [6, 6.07) is 8.52. The summed E-state index contributed by atoms with van der Waals surface area (Å²) < 4.78 is 0. The molecule has 0 bridgehead atoms. The maximum Gasteiger partial charge on any atom is 0.326 e. The highest BCUT2D eigenvalue weighted by Crippen LogP contribution is 2.12. The van der Waals surface area contributed by atoms with Crippen molar-refractivity contribution in [3.05, 3.63) is 65.7 Å². The van der Waals surface area contributed by atoms with E-state index in [1.807, 2.05) is 0 Å². The molecule has 0 saturated heterocycles. The highest BCUT2D eigenvalue weighted by molar-refractivity contribution is 5.95. The SMILES string of the molecule is NC(=O)CCC(N)C(=O)NC(CC(=O)O)C(=O)NC(Cc1ccccc1)C(=O)NC(Cc1ccc(O)cc1)C(=O)O. The predicted molar refractivity (Wildman–Crippen MR) is 144 cm³/mol. The number of hydrogen-bond acceptors (Lipinski definition) is 8. The lowest BCUT2D eigenvalue weighted by atomic mass is 10.0. The topological polar surface area (TPSA) is 251 Å². The van der Waals surface area contributed by atoms with E-state index in [-0.39, 0.29) is 31.4 Å². The molecular weight excluding hydrogens is 538 g/mol. The zero-order valence-electron chi connectivity index (χ0n) is 22.0. The summed E-state index contributed by atoms with van der Waals surface area (Å²) in [5, 5.41) is 35.5. The van der Waals surface area contributed by atoms with Gasteiger partial charge in [0, 0.05) is 19.3 Å². The molecule has 4 unspecified atom stereocenters. The molecule has 4 amide bonds. The molecule has 10 N–H and O–H groups in total. The van der Waals surface area contributed by atoms with Crippen LogP contribution in [0.1, 0.15) is 30.4 Å². The molecule has 14 heteroatoms. The summed E-state index contributed by atoms with van der Waals surface area (Å²) in [7, 11) is 0.